The highest BCUT2D eigenvalue weighted by Crippen LogP contribution is 2.37. The number of ether oxygens (including phenoxy) is 1. The Morgan fingerprint density at radius 3 is 2.30 bits per heavy atom. The largest absolute Gasteiger partial charge is 0.497 e. The van der Waals surface area contributed by atoms with Crippen LogP contribution in [0.2, 0.25) is 0 Å². The molecule has 0 unspecified atom stereocenters. The van der Waals surface area contributed by atoms with Gasteiger partial charge in [0.25, 0.3) is 0 Å². The van der Waals surface area contributed by atoms with Crippen LogP contribution in [0.3, 0.4) is 0 Å². The van der Waals surface area contributed by atoms with Crippen molar-refractivity contribution >= 4 is 12.7 Å². The van der Waals surface area contributed by atoms with Crippen molar-refractivity contribution in [2.24, 2.45) is 0 Å². The van der Waals surface area contributed by atoms with Crippen LogP contribution in [0.5, 0.6) is 5.75 Å². The molecule has 0 aromatic heterocycles. The first-order valence-corrected chi connectivity index (χ1v) is 6.94. The van der Waals surface area contributed by atoms with Crippen LogP contribution in [0.4, 0.5) is 0 Å². The van der Waals surface area contributed by atoms with E-state index in [-0.39, 0.29) is 18.3 Å². The van der Waals surface area contributed by atoms with Crippen molar-refractivity contribution in [3.8, 4) is 5.75 Å². The smallest absolute Gasteiger partial charge is 0.487 e. The first kappa shape index (κ1) is 15.1. The van der Waals surface area contributed by atoms with Crippen molar-refractivity contribution in [3.63, 3.8) is 0 Å². The molecule has 20 heavy (non-hydrogen) atoms. The van der Waals surface area contributed by atoms with Crippen LogP contribution in [0.25, 0.3) is 5.57 Å². The second kappa shape index (κ2) is 5.26. The van der Waals surface area contributed by atoms with E-state index in [1.54, 1.807) is 7.11 Å². The summed E-state index contributed by atoms with van der Waals surface area (Å²) in [5.41, 5.74) is 1.62. The Kier molecular flexibility index (Phi) is 3.98. The van der Waals surface area contributed by atoms with Crippen LogP contribution < -0.4 is 4.74 Å². The zero-order chi connectivity index (χ0) is 15.0. The summed E-state index contributed by atoms with van der Waals surface area (Å²) in [5, 5.41) is 0. The van der Waals surface area contributed by atoms with E-state index >= 15 is 0 Å². The Labute approximate surface area is 122 Å². The molecule has 1 aliphatic rings. The van der Waals surface area contributed by atoms with Gasteiger partial charge >= 0.3 is 7.12 Å². The fourth-order valence-electron chi connectivity index (χ4n) is 2.13. The van der Waals surface area contributed by atoms with E-state index < -0.39 is 0 Å². The number of hydrogen-bond acceptors (Lipinski definition) is 3. The summed E-state index contributed by atoms with van der Waals surface area (Å²) >= 11 is 0. The third-order valence-corrected chi connectivity index (χ3v) is 4.18. The molecule has 108 valence electrons. The van der Waals surface area contributed by atoms with Gasteiger partial charge in [-0.15, -0.1) is 0 Å². The van der Waals surface area contributed by atoms with Crippen LogP contribution in [0.1, 0.15) is 40.2 Å². The van der Waals surface area contributed by atoms with E-state index in [2.05, 4.69) is 40.7 Å². The van der Waals surface area contributed by atoms with Gasteiger partial charge in [0.1, 0.15) is 5.75 Å². The lowest BCUT2D eigenvalue weighted by Gasteiger charge is -2.32. The quantitative estimate of drug-likeness (QED) is 0.786. The summed E-state index contributed by atoms with van der Waals surface area (Å²) in [6, 6.07) is 7.98. The Morgan fingerprint density at radius 2 is 1.75 bits per heavy atom. The number of benzene rings is 1. The predicted molar refractivity (Wildman–Crippen MR) is 82.7 cm³/mol. The minimum atomic E-state index is -0.314. The van der Waals surface area contributed by atoms with Crippen LogP contribution in [0.15, 0.2) is 30.2 Å². The molecule has 0 bridgehead atoms. The molecule has 4 heteroatoms. The van der Waals surface area contributed by atoms with Gasteiger partial charge in [-0.1, -0.05) is 23.7 Å². The lowest BCUT2D eigenvalue weighted by atomic mass is 9.85. The molecule has 0 amide bonds. The highest BCUT2D eigenvalue weighted by molar-refractivity contribution is 6.53. The molecule has 1 fully saturated rings. The van der Waals surface area contributed by atoms with Crippen LogP contribution in [-0.2, 0) is 9.31 Å². The first-order valence-electron chi connectivity index (χ1n) is 6.94. The Balaban J connectivity index is 2.19. The molecule has 1 aromatic rings. The van der Waals surface area contributed by atoms with E-state index in [1.165, 1.54) is 0 Å². The van der Waals surface area contributed by atoms with Crippen LogP contribution in [-0.4, -0.2) is 25.4 Å². The molecular formula is C16H23BO3. The molecule has 3 nitrogen and oxygen atoms in total. The summed E-state index contributed by atoms with van der Waals surface area (Å²) in [7, 11) is 1.36. The minimum Gasteiger partial charge on any atom is -0.497 e. The van der Waals surface area contributed by atoms with Crippen molar-refractivity contribution in [2.75, 3.05) is 7.11 Å². The Bertz CT molecular complexity index is 504. The zero-order valence-electron chi connectivity index (χ0n) is 13.2. The van der Waals surface area contributed by atoms with Gasteiger partial charge in [-0.2, -0.15) is 0 Å². The summed E-state index contributed by atoms with van der Waals surface area (Å²) in [5.74, 6) is 2.87. The average Bonchev–Trinajstić information content (AvgIpc) is 2.57. The van der Waals surface area contributed by atoms with Crippen molar-refractivity contribution in [1.29, 1.82) is 0 Å². The van der Waals surface area contributed by atoms with E-state index in [0.717, 1.165) is 16.9 Å². The van der Waals surface area contributed by atoms with Gasteiger partial charge in [0.2, 0.25) is 0 Å². The maximum absolute atomic E-state index is 5.98. The second-order valence-electron chi connectivity index (χ2n) is 6.21. The highest BCUT2D eigenvalue weighted by atomic mass is 16.7. The topological polar surface area (TPSA) is 27.7 Å². The number of allylic oxidation sites excluding steroid dienone is 1. The fraction of sp³-hybridized carbons (Fsp3) is 0.500. The van der Waals surface area contributed by atoms with E-state index in [0.29, 0.717) is 0 Å². The van der Waals surface area contributed by atoms with Crippen LogP contribution in [0, 0.1) is 0 Å². The summed E-state index contributed by atoms with van der Waals surface area (Å²) in [4.78, 5) is 0. The van der Waals surface area contributed by atoms with Crippen molar-refractivity contribution in [3.05, 3.63) is 35.8 Å². The van der Waals surface area contributed by atoms with E-state index in [1.807, 2.05) is 24.2 Å². The van der Waals surface area contributed by atoms with E-state index in [4.69, 9.17) is 14.0 Å². The molecule has 0 spiro atoms. The molecule has 0 atom stereocenters. The SMILES string of the molecule is COc1cccc(/C(C)=C/B2OC(C)(C)C(C)(C)O2)c1. The molecule has 2 rings (SSSR count). The summed E-state index contributed by atoms with van der Waals surface area (Å²) < 4.78 is 17.2. The van der Waals surface area contributed by atoms with Crippen molar-refractivity contribution in [2.45, 2.75) is 45.8 Å². The summed E-state index contributed by atoms with van der Waals surface area (Å²) in [6.07, 6.45) is 0. The molecule has 1 aliphatic heterocycles. The molecule has 1 aromatic carbocycles. The Hall–Kier alpha value is -1.26. The molecule has 0 aliphatic carbocycles. The third-order valence-electron chi connectivity index (χ3n) is 4.18. The standard InChI is InChI=1S/C16H23BO3/c1-12(13-8-7-9-14(10-13)18-6)11-17-19-15(2,3)16(4,5)20-17/h7-11H,1-6H3/b12-11+. The van der Waals surface area contributed by atoms with E-state index in [9.17, 15) is 0 Å². The van der Waals surface area contributed by atoms with Gasteiger partial charge in [-0.25, -0.2) is 0 Å². The maximum atomic E-state index is 5.98. The first-order chi connectivity index (χ1) is 9.25. The van der Waals surface area contributed by atoms with Crippen molar-refractivity contribution < 1.29 is 14.0 Å². The normalized spacial score (nSPS) is 21.1. The lowest BCUT2D eigenvalue weighted by Crippen LogP contribution is -2.41. The molecule has 0 saturated carbocycles. The highest BCUT2D eigenvalue weighted by Gasteiger charge is 2.50. The van der Waals surface area contributed by atoms with Gasteiger partial charge in [-0.05, 0) is 52.3 Å². The fourth-order valence-corrected chi connectivity index (χ4v) is 2.13. The lowest BCUT2D eigenvalue weighted by molar-refractivity contribution is 0.00578. The van der Waals surface area contributed by atoms with Gasteiger partial charge < -0.3 is 14.0 Å². The number of rotatable bonds is 3. The zero-order valence-corrected chi connectivity index (χ0v) is 13.2. The Morgan fingerprint density at radius 1 is 1.15 bits per heavy atom. The number of methoxy groups -OCH3 is 1. The molecular weight excluding hydrogens is 251 g/mol. The van der Waals surface area contributed by atoms with Gasteiger partial charge in [0, 0.05) is 0 Å². The summed E-state index contributed by atoms with van der Waals surface area (Å²) in [6.45, 7) is 10.3. The van der Waals surface area contributed by atoms with Crippen LogP contribution >= 0.6 is 0 Å². The molecule has 1 heterocycles. The maximum Gasteiger partial charge on any atom is 0.487 e. The van der Waals surface area contributed by atoms with Gasteiger partial charge in [0.05, 0.1) is 18.3 Å². The molecule has 0 N–H and O–H groups in total. The molecule has 1 saturated heterocycles. The molecule has 0 radical (unpaired) electrons. The monoisotopic (exact) mass is 274 g/mol. The third kappa shape index (κ3) is 2.91. The van der Waals surface area contributed by atoms with Gasteiger partial charge in [0.15, 0.2) is 0 Å². The average molecular weight is 274 g/mol. The minimum absolute atomic E-state index is 0.303. The van der Waals surface area contributed by atoms with Gasteiger partial charge in [-0.3, -0.25) is 0 Å². The number of hydrogen-bond donors (Lipinski definition) is 0. The predicted octanol–water partition coefficient (Wildman–Crippen LogP) is 3.73. The second-order valence-corrected chi connectivity index (χ2v) is 6.21. The van der Waals surface area contributed by atoms with Crippen molar-refractivity contribution in [1.82, 2.24) is 0 Å².